The number of fused-ring (bicyclic) bond motifs is 1. The summed E-state index contributed by atoms with van der Waals surface area (Å²) in [5, 5.41) is 3.20. The first-order valence-corrected chi connectivity index (χ1v) is 7.50. The van der Waals surface area contributed by atoms with Gasteiger partial charge in [0, 0.05) is 29.5 Å². The molecule has 0 saturated carbocycles. The van der Waals surface area contributed by atoms with Gasteiger partial charge in [-0.1, -0.05) is 6.07 Å². The number of aromatic nitrogens is 1. The van der Waals surface area contributed by atoms with Gasteiger partial charge in [-0.25, -0.2) is 4.98 Å². The summed E-state index contributed by atoms with van der Waals surface area (Å²) in [7, 11) is 2.08. The number of nitrogens with zero attached hydrogens (tertiary/aromatic N) is 2. The molecule has 0 spiro atoms. The standard InChI is InChI=1S/C16H17N3S/c1-19(9-8-14-3-2-10-20-14)16-7-4-12-11-13(17)5-6-15(12)18-16/h2-7,10-11H,8-9,17H2,1H3. The lowest BCUT2D eigenvalue weighted by molar-refractivity contribution is 0.872. The van der Waals surface area contributed by atoms with E-state index in [1.54, 1.807) is 11.3 Å². The zero-order valence-electron chi connectivity index (χ0n) is 11.4. The van der Waals surface area contributed by atoms with Gasteiger partial charge in [0.1, 0.15) is 5.82 Å². The molecule has 3 nitrogen and oxygen atoms in total. The molecule has 2 aromatic heterocycles. The monoisotopic (exact) mass is 283 g/mol. The zero-order chi connectivity index (χ0) is 13.9. The SMILES string of the molecule is CN(CCc1cccs1)c1ccc2cc(N)ccc2n1. The van der Waals surface area contributed by atoms with E-state index in [9.17, 15) is 0 Å². The van der Waals surface area contributed by atoms with Gasteiger partial charge in [-0.15, -0.1) is 11.3 Å². The number of rotatable bonds is 4. The van der Waals surface area contributed by atoms with Gasteiger partial charge in [0.05, 0.1) is 5.52 Å². The van der Waals surface area contributed by atoms with E-state index in [4.69, 9.17) is 5.73 Å². The highest BCUT2D eigenvalue weighted by molar-refractivity contribution is 7.09. The summed E-state index contributed by atoms with van der Waals surface area (Å²) >= 11 is 1.80. The highest BCUT2D eigenvalue weighted by Crippen LogP contribution is 2.20. The van der Waals surface area contributed by atoms with Crippen LogP contribution in [-0.4, -0.2) is 18.6 Å². The predicted molar refractivity (Wildman–Crippen MR) is 87.4 cm³/mol. The van der Waals surface area contributed by atoms with Crippen LogP contribution in [0.1, 0.15) is 4.88 Å². The molecule has 0 radical (unpaired) electrons. The van der Waals surface area contributed by atoms with Gasteiger partial charge in [0.2, 0.25) is 0 Å². The van der Waals surface area contributed by atoms with E-state index >= 15 is 0 Å². The van der Waals surface area contributed by atoms with Gasteiger partial charge in [-0.05, 0) is 48.2 Å². The van der Waals surface area contributed by atoms with Crippen molar-refractivity contribution in [1.82, 2.24) is 4.98 Å². The van der Waals surface area contributed by atoms with E-state index < -0.39 is 0 Å². The molecule has 0 saturated heterocycles. The molecule has 0 amide bonds. The average Bonchev–Trinajstić information content (AvgIpc) is 2.97. The fourth-order valence-electron chi connectivity index (χ4n) is 2.19. The quantitative estimate of drug-likeness (QED) is 0.744. The van der Waals surface area contributed by atoms with E-state index in [0.717, 1.165) is 35.4 Å². The number of anilines is 2. The summed E-state index contributed by atoms with van der Waals surface area (Å²) in [5.41, 5.74) is 7.55. The van der Waals surface area contributed by atoms with Crippen LogP contribution in [0.25, 0.3) is 10.9 Å². The molecule has 20 heavy (non-hydrogen) atoms. The maximum atomic E-state index is 5.79. The van der Waals surface area contributed by atoms with Crippen LogP contribution in [0.5, 0.6) is 0 Å². The molecule has 2 N–H and O–H groups in total. The zero-order valence-corrected chi connectivity index (χ0v) is 12.2. The van der Waals surface area contributed by atoms with Crippen molar-refractivity contribution in [3.8, 4) is 0 Å². The van der Waals surface area contributed by atoms with Crippen LogP contribution in [0, 0.1) is 0 Å². The molecule has 0 bridgehead atoms. The first kappa shape index (κ1) is 12.9. The second-order valence-corrected chi connectivity index (χ2v) is 5.90. The van der Waals surface area contributed by atoms with E-state index in [0.29, 0.717) is 0 Å². The van der Waals surface area contributed by atoms with Gasteiger partial charge >= 0.3 is 0 Å². The third kappa shape index (κ3) is 2.75. The third-order valence-electron chi connectivity index (χ3n) is 3.36. The summed E-state index contributed by atoms with van der Waals surface area (Å²) < 4.78 is 0. The molecule has 4 heteroatoms. The molecule has 0 unspecified atom stereocenters. The van der Waals surface area contributed by atoms with Gasteiger partial charge in [-0.2, -0.15) is 0 Å². The molecule has 0 aliphatic rings. The second kappa shape index (κ2) is 5.51. The van der Waals surface area contributed by atoms with Gasteiger partial charge in [0.25, 0.3) is 0 Å². The molecule has 2 heterocycles. The Morgan fingerprint density at radius 2 is 2.10 bits per heavy atom. The Balaban J connectivity index is 1.77. The van der Waals surface area contributed by atoms with Crippen LogP contribution < -0.4 is 10.6 Å². The minimum atomic E-state index is 0.776. The number of thiophene rings is 1. The Bertz CT molecular complexity index is 707. The topological polar surface area (TPSA) is 42.1 Å². The van der Waals surface area contributed by atoms with Crippen molar-refractivity contribution >= 4 is 33.7 Å². The number of benzene rings is 1. The van der Waals surface area contributed by atoms with E-state index in [-0.39, 0.29) is 0 Å². The first-order chi connectivity index (χ1) is 9.72. The Kier molecular flexibility index (Phi) is 3.56. The highest BCUT2D eigenvalue weighted by Gasteiger charge is 2.05. The minimum absolute atomic E-state index is 0.776. The molecule has 0 aliphatic heterocycles. The van der Waals surface area contributed by atoms with E-state index in [1.165, 1.54) is 4.88 Å². The van der Waals surface area contributed by atoms with Crippen molar-refractivity contribution in [2.45, 2.75) is 6.42 Å². The number of nitrogens with two attached hydrogens (primary N) is 1. The summed E-state index contributed by atoms with van der Waals surface area (Å²) in [6.45, 7) is 0.966. The van der Waals surface area contributed by atoms with Crippen LogP contribution in [0.15, 0.2) is 47.8 Å². The molecule has 0 aliphatic carbocycles. The summed E-state index contributed by atoms with van der Waals surface area (Å²) in [6, 6.07) is 14.2. The lowest BCUT2D eigenvalue weighted by Crippen LogP contribution is -2.21. The normalized spacial score (nSPS) is 10.8. The van der Waals surface area contributed by atoms with Crippen molar-refractivity contribution < 1.29 is 0 Å². The predicted octanol–water partition coefficient (Wildman–Crippen LogP) is 3.56. The number of hydrogen-bond donors (Lipinski definition) is 1. The van der Waals surface area contributed by atoms with Crippen LogP contribution in [0.3, 0.4) is 0 Å². The number of pyridine rings is 1. The molecular weight excluding hydrogens is 266 g/mol. The Hall–Kier alpha value is -2.07. The molecule has 0 atom stereocenters. The van der Waals surface area contributed by atoms with E-state index in [2.05, 4.69) is 46.6 Å². The number of likely N-dealkylation sites (N-methyl/N-ethyl adjacent to an activating group) is 1. The van der Waals surface area contributed by atoms with Gasteiger partial charge < -0.3 is 10.6 Å². The average molecular weight is 283 g/mol. The van der Waals surface area contributed by atoms with Crippen LogP contribution >= 0.6 is 11.3 Å². The Morgan fingerprint density at radius 1 is 1.20 bits per heavy atom. The number of hydrogen-bond acceptors (Lipinski definition) is 4. The first-order valence-electron chi connectivity index (χ1n) is 6.62. The van der Waals surface area contributed by atoms with Crippen molar-refractivity contribution in [3.05, 3.63) is 52.7 Å². The Labute approximate surface area is 122 Å². The smallest absolute Gasteiger partial charge is 0.128 e. The number of nitrogen functional groups attached to an aromatic ring is 1. The fraction of sp³-hybridized carbons (Fsp3) is 0.188. The molecular formula is C16H17N3S. The largest absolute Gasteiger partial charge is 0.399 e. The lowest BCUT2D eigenvalue weighted by Gasteiger charge is -2.18. The van der Waals surface area contributed by atoms with Crippen LogP contribution in [0.4, 0.5) is 11.5 Å². The lowest BCUT2D eigenvalue weighted by atomic mass is 10.2. The van der Waals surface area contributed by atoms with Gasteiger partial charge in [0.15, 0.2) is 0 Å². The Morgan fingerprint density at radius 3 is 2.90 bits per heavy atom. The minimum Gasteiger partial charge on any atom is -0.399 e. The maximum Gasteiger partial charge on any atom is 0.128 e. The van der Waals surface area contributed by atoms with Crippen molar-refractivity contribution in [2.75, 3.05) is 24.2 Å². The van der Waals surface area contributed by atoms with Crippen molar-refractivity contribution in [1.29, 1.82) is 0 Å². The molecule has 3 rings (SSSR count). The maximum absolute atomic E-state index is 5.79. The highest BCUT2D eigenvalue weighted by atomic mass is 32.1. The van der Waals surface area contributed by atoms with Crippen molar-refractivity contribution in [2.24, 2.45) is 0 Å². The summed E-state index contributed by atoms with van der Waals surface area (Å²) in [4.78, 5) is 8.29. The third-order valence-corrected chi connectivity index (χ3v) is 4.30. The molecule has 102 valence electrons. The fourth-order valence-corrected chi connectivity index (χ4v) is 2.89. The van der Waals surface area contributed by atoms with Crippen LogP contribution in [0.2, 0.25) is 0 Å². The van der Waals surface area contributed by atoms with E-state index in [1.807, 2.05) is 18.2 Å². The van der Waals surface area contributed by atoms with Crippen LogP contribution in [-0.2, 0) is 6.42 Å². The molecule has 0 fully saturated rings. The molecule has 3 aromatic rings. The van der Waals surface area contributed by atoms with Crippen molar-refractivity contribution in [3.63, 3.8) is 0 Å². The second-order valence-electron chi connectivity index (χ2n) is 4.87. The molecule has 1 aromatic carbocycles. The summed E-state index contributed by atoms with van der Waals surface area (Å²) in [5.74, 6) is 0.999. The van der Waals surface area contributed by atoms with Gasteiger partial charge in [-0.3, -0.25) is 0 Å². The summed E-state index contributed by atoms with van der Waals surface area (Å²) in [6.07, 6.45) is 1.05.